The van der Waals surface area contributed by atoms with Crippen molar-refractivity contribution >= 4 is 38.4 Å². The van der Waals surface area contributed by atoms with Gasteiger partial charge in [0.1, 0.15) is 0 Å². The van der Waals surface area contributed by atoms with E-state index in [1.165, 1.54) is 10.9 Å². The van der Waals surface area contributed by atoms with Crippen molar-refractivity contribution in [2.45, 2.75) is 13.0 Å². The Bertz CT molecular complexity index is 921. The summed E-state index contributed by atoms with van der Waals surface area (Å²) in [6.45, 7) is 0.285. The zero-order valence-electron chi connectivity index (χ0n) is 12.2. The molecule has 0 fully saturated rings. The summed E-state index contributed by atoms with van der Waals surface area (Å²) in [6, 6.07) is 14.6. The second kappa shape index (κ2) is 6.75. The fourth-order valence-corrected chi connectivity index (χ4v) is 2.65. The van der Waals surface area contributed by atoms with Gasteiger partial charge in [0.2, 0.25) is 5.91 Å². The van der Waals surface area contributed by atoms with Crippen LogP contribution in [-0.4, -0.2) is 15.5 Å². The molecule has 0 saturated carbocycles. The van der Waals surface area contributed by atoms with Crippen molar-refractivity contribution in [3.8, 4) is 0 Å². The van der Waals surface area contributed by atoms with Gasteiger partial charge in [-0.2, -0.15) is 0 Å². The molecule has 0 unspecified atom stereocenters. The molecule has 1 N–H and O–H groups in total. The molecule has 5 nitrogen and oxygen atoms in total. The smallest absolute Gasteiger partial charge is 0.261 e. The van der Waals surface area contributed by atoms with Crippen LogP contribution in [0.2, 0.25) is 0 Å². The molecule has 0 spiro atoms. The van der Waals surface area contributed by atoms with Crippen LogP contribution in [0.15, 0.2) is 64.1 Å². The van der Waals surface area contributed by atoms with Gasteiger partial charge in [0.15, 0.2) is 0 Å². The van der Waals surface area contributed by atoms with Gasteiger partial charge in [0.05, 0.1) is 22.9 Å². The van der Waals surface area contributed by atoms with Crippen molar-refractivity contribution in [1.29, 1.82) is 0 Å². The Morgan fingerprint density at radius 1 is 1.13 bits per heavy atom. The quantitative estimate of drug-likeness (QED) is 0.765. The Morgan fingerprint density at radius 3 is 2.70 bits per heavy atom. The first kappa shape index (κ1) is 15.4. The van der Waals surface area contributed by atoms with Crippen LogP contribution in [0, 0.1) is 0 Å². The van der Waals surface area contributed by atoms with Gasteiger partial charge in [-0.05, 0) is 40.2 Å². The lowest BCUT2D eigenvalue weighted by molar-refractivity contribution is -0.116. The van der Waals surface area contributed by atoms with Gasteiger partial charge in [-0.15, -0.1) is 0 Å². The first-order valence-electron chi connectivity index (χ1n) is 7.14. The summed E-state index contributed by atoms with van der Waals surface area (Å²) in [4.78, 5) is 28.6. The number of carbonyl (C=O) groups is 1. The van der Waals surface area contributed by atoms with Crippen LogP contribution in [0.3, 0.4) is 0 Å². The summed E-state index contributed by atoms with van der Waals surface area (Å²) < 4.78 is 2.28. The molecule has 2 aromatic carbocycles. The summed E-state index contributed by atoms with van der Waals surface area (Å²) >= 11 is 3.38. The van der Waals surface area contributed by atoms with Gasteiger partial charge in [0, 0.05) is 17.4 Å². The molecule has 0 aliphatic carbocycles. The minimum Gasteiger partial charge on any atom is -0.325 e. The Balaban J connectivity index is 1.71. The number of anilines is 1. The molecule has 3 aromatic rings. The first-order valence-corrected chi connectivity index (χ1v) is 7.93. The van der Waals surface area contributed by atoms with Crippen LogP contribution < -0.4 is 10.9 Å². The fourth-order valence-electron chi connectivity index (χ4n) is 2.26. The molecule has 0 bridgehead atoms. The van der Waals surface area contributed by atoms with Crippen LogP contribution in [0.5, 0.6) is 0 Å². The molecule has 0 saturated heterocycles. The first-order chi connectivity index (χ1) is 11.1. The van der Waals surface area contributed by atoms with Gasteiger partial charge < -0.3 is 5.32 Å². The third-order valence-electron chi connectivity index (χ3n) is 3.46. The molecule has 0 aliphatic heterocycles. The lowest BCUT2D eigenvalue weighted by atomic mass is 10.2. The van der Waals surface area contributed by atoms with E-state index in [0.717, 1.165) is 4.47 Å². The zero-order chi connectivity index (χ0) is 16.2. The highest BCUT2D eigenvalue weighted by molar-refractivity contribution is 9.10. The van der Waals surface area contributed by atoms with Crippen LogP contribution in [-0.2, 0) is 11.3 Å². The molecule has 1 heterocycles. The zero-order valence-corrected chi connectivity index (χ0v) is 13.8. The highest BCUT2D eigenvalue weighted by Gasteiger charge is 2.08. The van der Waals surface area contributed by atoms with Crippen molar-refractivity contribution in [3.63, 3.8) is 0 Å². The number of halogens is 1. The monoisotopic (exact) mass is 371 g/mol. The second-order valence-corrected chi connectivity index (χ2v) is 5.89. The minimum atomic E-state index is -0.156. The number of carbonyl (C=O) groups excluding carboxylic acids is 1. The van der Waals surface area contributed by atoms with E-state index in [4.69, 9.17) is 0 Å². The van der Waals surface area contributed by atoms with Crippen LogP contribution in [0.25, 0.3) is 10.9 Å². The normalized spacial score (nSPS) is 10.7. The maximum atomic E-state index is 12.3. The largest absolute Gasteiger partial charge is 0.325 e. The molecule has 0 radical (unpaired) electrons. The van der Waals surface area contributed by atoms with Crippen molar-refractivity contribution in [3.05, 3.63) is 69.7 Å². The molecule has 116 valence electrons. The molecule has 1 aromatic heterocycles. The Hall–Kier alpha value is -2.47. The maximum absolute atomic E-state index is 12.3. The van der Waals surface area contributed by atoms with E-state index >= 15 is 0 Å². The standard InChI is InChI=1S/C17H14BrN3O2/c18-13-6-2-4-8-15(13)20-16(22)9-10-21-11-19-14-7-3-1-5-12(14)17(21)23/h1-8,11H,9-10H2,(H,20,22). The molecule has 1 amide bonds. The number of rotatable bonds is 4. The number of fused-ring (bicyclic) bond motifs is 1. The predicted octanol–water partition coefficient (Wildman–Crippen LogP) is 3.19. The number of aromatic nitrogens is 2. The highest BCUT2D eigenvalue weighted by atomic mass is 79.9. The summed E-state index contributed by atoms with van der Waals surface area (Å²) in [5, 5.41) is 3.37. The van der Waals surface area contributed by atoms with E-state index < -0.39 is 0 Å². The third-order valence-corrected chi connectivity index (χ3v) is 4.15. The lowest BCUT2D eigenvalue weighted by Gasteiger charge is -2.08. The van der Waals surface area contributed by atoms with Gasteiger partial charge in [-0.1, -0.05) is 24.3 Å². The van der Waals surface area contributed by atoms with Gasteiger partial charge in [-0.3, -0.25) is 14.2 Å². The van der Waals surface area contributed by atoms with Crippen molar-refractivity contribution < 1.29 is 4.79 Å². The third kappa shape index (κ3) is 3.48. The highest BCUT2D eigenvalue weighted by Crippen LogP contribution is 2.21. The van der Waals surface area contributed by atoms with Crippen molar-refractivity contribution in [2.75, 3.05) is 5.32 Å². The molecule has 3 rings (SSSR count). The number of hydrogen-bond donors (Lipinski definition) is 1. The van der Waals surface area contributed by atoms with E-state index in [0.29, 0.717) is 16.6 Å². The number of hydrogen-bond acceptors (Lipinski definition) is 3. The number of amides is 1. The van der Waals surface area contributed by atoms with Gasteiger partial charge in [-0.25, -0.2) is 4.98 Å². The van der Waals surface area contributed by atoms with E-state index in [-0.39, 0.29) is 24.4 Å². The van der Waals surface area contributed by atoms with Crippen LogP contribution >= 0.6 is 15.9 Å². The molecule has 23 heavy (non-hydrogen) atoms. The van der Waals surface area contributed by atoms with Gasteiger partial charge in [0.25, 0.3) is 5.56 Å². The second-order valence-electron chi connectivity index (χ2n) is 5.04. The maximum Gasteiger partial charge on any atom is 0.261 e. The molecule has 6 heteroatoms. The van der Waals surface area contributed by atoms with Crippen LogP contribution in [0.4, 0.5) is 5.69 Å². The van der Waals surface area contributed by atoms with Crippen LogP contribution in [0.1, 0.15) is 6.42 Å². The van der Waals surface area contributed by atoms with E-state index in [9.17, 15) is 9.59 Å². The minimum absolute atomic E-state index is 0.135. The Kier molecular flexibility index (Phi) is 4.52. The predicted molar refractivity (Wildman–Crippen MR) is 93.4 cm³/mol. The summed E-state index contributed by atoms with van der Waals surface area (Å²) in [5.41, 5.74) is 1.23. The molecule has 0 atom stereocenters. The average Bonchev–Trinajstić information content (AvgIpc) is 2.57. The SMILES string of the molecule is O=C(CCn1cnc2ccccc2c1=O)Nc1ccccc1Br. The Labute approximate surface area is 141 Å². The average molecular weight is 372 g/mol. The number of aryl methyl sites for hydroxylation is 1. The van der Waals surface area contributed by atoms with E-state index in [1.54, 1.807) is 18.2 Å². The van der Waals surface area contributed by atoms with E-state index in [2.05, 4.69) is 26.2 Å². The molecular weight excluding hydrogens is 358 g/mol. The number of nitrogens with zero attached hydrogens (tertiary/aromatic N) is 2. The molecular formula is C17H14BrN3O2. The Morgan fingerprint density at radius 2 is 1.87 bits per heavy atom. The summed E-state index contributed by atoms with van der Waals surface area (Å²) in [5.74, 6) is -0.156. The number of para-hydroxylation sites is 2. The molecule has 0 aliphatic rings. The summed E-state index contributed by atoms with van der Waals surface area (Å²) in [6.07, 6.45) is 1.68. The van der Waals surface area contributed by atoms with E-state index in [1.807, 2.05) is 30.3 Å². The van der Waals surface area contributed by atoms with Crippen molar-refractivity contribution in [2.24, 2.45) is 0 Å². The van der Waals surface area contributed by atoms with Crippen molar-refractivity contribution in [1.82, 2.24) is 9.55 Å². The lowest BCUT2D eigenvalue weighted by Crippen LogP contribution is -2.23. The number of nitrogens with one attached hydrogen (secondary N) is 1. The number of benzene rings is 2. The van der Waals surface area contributed by atoms with Gasteiger partial charge >= 0.3 is 0 Å². The summed E-state index contributed by atoms with van der Waals surface area (Å²) in [7, 11) is 0. The topological polar surface area (TPSA) is 64.0 Å². The fraction of sp³-hybridized carbons (Fsp3) is 0.118.